The summed E-state index contributed by atoms with van der Waals surface area (Å²) in [7, 11) is 4.11. The Labute approximate surface area is 212 Å². The van der Waals surface area contributed by atoms with Crippen molar-refractivity contribution < 1.29 is 18.0 Å². The topological polar surface area (TPSA) is 41.7 Å². The summed E-state index contributed by atoms with van der Waals surface area (Å²) in [4.78, 5) is 4.38. The molecule has 1 aromatic heterocycles. The molecule has 7 heteroatoms. The Kier molecular flexibility index (Phi) is 7.87. The van der Waals surface area contributed by atoms with Gasteiger partial charge >= 0.3 is 0 Å². The Morgan fingerprint density at radius 1 is 1.11 bits per heavy atom. The van der Waals surface area contributed by atoms with E-state index in [1.165, 1.54) is 18.9 Å². The highest BCUT2D eigenvalue weighted by Crippen LogP contribution is 2.35. The average Bonchev–Trinajstić information content (AvgIpc) is 3.63. The number of hydrogen-bond donors (Lipinski definition) is 0. The molecule has 0 spiro atoms. The van der Waals surface area contributed by atoms with Crippen LogP contribution in [0, 0.1) is 11.8 Å². The number of aromatic nitrogens is 1. The summed E-state index contributed by atoms with van der Waals surface area (Å²) in [5.74, 6) is 0.755. The van der Waals surface area contributed by atoms with Crippen LogP contribution in [0.3, 0.4) is 0 Å². The van der Waals surface area contributed by atoms with Crippen LogP contribution in [-0.4, -0.2) is 55.3 Å². The zero-order chi connectivity index (χ0) is 25.1. The van der Waals surface area contributed by atoms with Gasteiger partial charge in [0.2, 0.25) is 0 Å². The van der Waals surface area contributed by atoms with Gasteiger partial charge < -0.3 is 14.2 Å². The first-order valence-electron chi connectivity index (χ1n) is 13.3. The van der Waals surface area contributed by atoms with Crippen molar-refractivity contribution >= 4 is 11.0 Å². The maximum Gasteiger partial charge on any atom is 0.175 e. The molecule has 5 nitrogen and oxygen atoms in total. The molecule has 0 bridgehead atoms. The van der Waals surface area contributed by atoms with E-state index in [4.69, 9.17) is 9.26 Å². The predicted molar refractivity (Wildman–Crippen MR) is 138 cm³/mol. The highest BCUT2D eigenvalue weighted by molar-refractivity contribution is 5.84. The van der Waals surface area contributed by atoms with E-state index >= 15 is 0 Å². The standard InChI is InChI=1S/C29H37F2N3O2/c1-33(2)18-24-27(35-19-21-7-8-21)12-10-23-26(32-36-29(23)24)11-9-20-13-15-34(16-14-20)17-22-5-3-4-6-25(30)28(22)31/h3-4,6,10,12,20-21H,5,7-9,11,13-19H2,1-2H3. The van der Waals surface area contributed by atoms with E-state index in [2.05, 4.69) is 41.2 Å². The lowest BCUT2D eigenvalue weighted by Crippen LogP contribution is -2.35. The highest BCUT2D eigenvalue weighted by Gasteiger charge is 2.25. The summed E-state index contributed by atoms with van der Waals surface area (Å²) >= 11 is 0. The van der Waals surface area contributed by atoms with Gasteiger partial charge in [0.25, 0.3) is 0 Å². The molecule has 0 atom stereocenters. The number of nitrogens with zero attached hydrogens (tertiary/aromatic N) is 3. The molecule has 194 valence electrons. The fraction of sp³-hybridized carbons (Fsp3) is 0.552. The minimum Gasteiger partial charge on any atom is -0.493 e. The van der Waals surface area contributed by atoms with E-state index in [9.17, 15) is 8.78 Å². The van der Waals surface area contributed by atoms with E-state index in [1.807, 2.05) is 6.08 Å². The molecule has 1 saturated heterocycles. The maximum absolute atomic E-state index is 14.3. The van der Waals surface area contributed by atoms with Crippen molar-refractivity contribution in [2.75, 3.05) is 40.3 Å². The van der Waals surface area contributed by atoms with Gasteiger partial charge in [-0.25, -0.2) is 8.78 Å². The first kappa shape index (κ1) is 25.2. The van der Waals surface area contributed by atoms with Crippen molar-refractivity contribution in [1.82, 2.24) is 15.0 Å². The van der Waals surface area contributed by atoms with Crippen LogP contribution in [0.4, 0.5) is 8.78 Å². The second kappa shape index (κ2) is 11.3. The summed E-state index contributed by atoms with van der Waals surface area (Å²) in [5.41, 5.74) is 3.47. The number of piperidine rings is 1. The second-order valence-electron chi connectivity index (χ2n) is 10.9. The number of halogens is 2. The van der Waals surface area contributed by atoms with Crippen LogP contribution >= 0.6 is 0 Å². The van der Waals surface area contributed by atoms with Gasteiger partial charge in [0.05, 0.1) is 17.9 Å². The van der Waals surface area contributed by atoms with Crippen molar-refractivity contribution in [1.29, 1.82) is 0 Å². The third-order valence-corrected chi connectivity index (χ3v) is 7.60. The molecule has 5 rings (SSSR count). The number of rotatable bonds is 10. The van der Waals surface area contributed by atoms with Crippen LogP contribution in [-0.2, 0) is 13.0 Å². The van der Waals surface area contributed by atoms with Gasteiger partial charge in [0, 0.05) is 18.5 Å². The van der Waals surface area contributed by atoms with Crippen LogP contribution < -0.4 is 4.74 Å². The SMILES string of the molecule is CN(C)Cc1c(OCC2CC2)ccc2c(CCC3CCN(CC4=C(F)C(F)=CC=CC4)CC3)noc12. The Morgan fingerprint density at radius 3 is 2.67 bits per heavy atom. The molecule has 2 heterocycles. The van der Waals surface area contributed by atoms with Crippen LogP contribution in [0.15, 0.2) is 52.1 Å². The summed E-state index contributed by atoms with van der Waals surface area (Å²) in [6, 6.07) is 4.18. The van der Waals surface area contributed by atoms with E-state index in [-0.39, 0.29) is 0 Å². The van der Waals surface area contributed by atoms with Crippen LogP contribution in [0.1, 0.15) is 49.8 Å². The van der Waals surface area contributed by atoms with Gasteiger partial charge in [-0.15, -0.1) is 0 Å². The molecule has 0 radical (unpaired) electrons. The third kappa shape index (κ3) is 6.06. The monoisotopic (exact) mass is 497 g/mol. The molecule has 36 heavy (non-hydrogen) atoms. The fourth-order valence-corrected chi connectivity index (χ4v) is 5.24. The largest absolute Gasteiger partial charge is 0.493 e. The Hall–Kier alpha value is -2.51. The molecule has 1 aliphatic heterocycles. The molecule has 0 N–H and O–H groups in total. The predicted octanol–water partition coefficient (Wildman–Crippen LogP) is 6.36. The first-order valence-corrected chi connectivity index (χ1v) is 13.3. The molecule has 3 aliphatic rings. The second-order valence-corrected chi connectivity index (χ2v) is 10.9. The molecule has 2 aliphatic carbocycles. The Bertz CT molecular complexity index is 1150. The van der Waals surface area contributed by atoms with E-state index in [1.54, 1.807) is 6.08 Å². The zero-order valence-electron chi connectivity index (χ0n) is 21.4. The number of aryl methyl sites for hydroxylation is 1. The quantitative estimate of drug-likeness (QED) is 0.382. The van der Waals surface area contributed by atoms with E-state index in [0.717, 1.165) is 79.9 Å². The normalized spacial score (nSPS) is 19.9. The molecule has 0 unspecified atom stereocenters. The summed E-state index contributed by atoms with van der Waals surface area (Å²) < 4.78 is 40.1. The lowest BCUT2D eigenvalue weighted by atomic mass is 9.90. The van der Waals surface area contributed by atoms with Crippen LogP contribution in [0.5, 0.6) is 5.75 Å². The van der Waals surface area contributed by atoms with Crippen molar-refractivity contribution in [3.05, 3.63) is 58.8 Å². The highest BCUT2D eigenvalue weighted by atomic mass is 19.2. The number of benzene rings is 1. The number of likely N-dealkylation sites (tertiary alicyclic amines) is 1. The lowest BCUT2D eigenvalue weighted by molar-refractivity contribution is 0.189. The van der Waals surface area contributed by atoms with E-state index < -0.39 is 11.7 Å². The Balaban J connectivity index is 1.18. The van der Waals surface area contributed by atoms with E-state index in [0.29, 0.717) is 30.4 Å². The number of ether oxygens (including phenoxy) is 1. The van der Waals surface area contributed by atoms with Crippen molar-refractivity contribution in [3.8, 4) is 5.75 Å². The maximum atomic E-state index is 14.3. The van der Waals surface area contributed by atoms with Crippen molar-refractivity contribution in [3.63, 3.8) is 0 Å². The molecule has 2 aromatic rings. The van der Waals surface area contributed by atoms with Gasteiger partial charge in [0.15, 0.2) is 17.2 Å². The molecule has 2 fully saturated rings. The first-order chi connectivity index (χ1) is 17.5. The molecule has 0 amide bonds. The number of fused-ring (bicyclic) bond motifs is 1. The van der Waals surface area contributed by atoms with Crippen LogP contribution in [0.2, 0.25) is 0 Å². The number of allylic oxidation sites excluding steroid dienone is 5. The van der Waals surface area contributed by atoms with Gasteiger partial charge in [-0.3, -0.25) is 4.90 Å². The summed E-state index contributed by atoms with van der Waals surface area (Å²) in [6.07, 6.45) is 11.7. The summed E-state index contributed by atoms with van der Waals surface area (Å²) in [6.45, 7) is 3.84. The third-order valence-electron chi connectivity index (χ3n) is 7.60. The van der Waals surface area contributed by atoms with Gasteiger partial charge in [-0.05, 0) is 108 Å². The Morgan fingerprint density at radius 2 is 1.92 bits per heavy atom. The summed E-state index contributed by atoms with van der Waals surface area (Å²) in [5, 5.41) is 5.54. The molecular formula is C29H37F2N3O2. The smallest absolute Gasteiger partial charge is 0.175 e. The minimum absolute atomic E-state index is 0.470. The van der Waals surface area contributed by atoms with Gasteiger partial charge in [-0.2, -0.15) is 0 Å². The molecular weight excluding hydrogens is 460 g/mol. The lowest BCUT2D eigenvalue weighted by Gasteiger charge is -2.32. The molecule has 1 aromatic carbocycles. The fourth-order valence-electron chi connectivity index (χ4n) is 5.24. The van der Waals surface area contributed by atoms with Gasteiger partial charge in [-0.1, -0.05) is 17.3 Å². The van der Waals surface area contributed by atoms with Crippen molar-refractivity contribution in [2.24, 2.45) is 11.8 Å². The zero-order valence-corrected chi connectivity index (χ0v) is 21.4. The molecule has 1 saturated carbocycles. The average molecular weight is 498 g/mol. The van der Waals surface area contributed by atoms with Crippen LogP contribution in [0.25, 0.3) is 11.0 Å². The number of hydrogen-bond acceptors (Lipinski definition) is 5. The van der Waals surface area contributed by atoms with Gasteiger partial charge in [0.1, 0.15) is 5.75 Å². The van der Waals surface area contributed by atoms with Crippen molar-refractivity contribution in [2.45, 2.75) is 51.5 Å². The minimum atomic E-state index is -0.760.